The molecule has 2 heterocycles. The van der Waals surface area contributed by atoms with Crippen LogP contribution < -0.4 is 0 Å². The van der Waals surface area contributed by atoms with Gasteiger partial charge in [0.15, 0.2) is 0 Å². The molecule has 1 fully saturated rings. The standard InChI is InChI=1S/C19H24N4O/c1-14-11-18(21-15(2)20-14)19(24)22(3)17-9-10-23(13-17)12-16-7-5-4-6-8-16/h4-8,11,17H,9-10,12-13H2,1-3H3. The minimum atomic E-state index is -0.0184. The number of nitrogens with zero attached hydrogens (tertiary/aromatic N) is 4. The predicted octanol–water partition coefficient (Wildman–Crippen LogP) is 2.44. The SMILES string of the molecule is Cc1cc(C(=O)N(C)C2CCN(Cc3ccccc3)C2)nc(C)n1. The highest BCUT2D eigenvalue weighted by molar-refractivity contribution is 5.92. The molecular weight excluding hydrogens is 300 g/mol. The second kappa shape index (κ2) is 7.09. The Hall–Kier alpha value is -2.27. The number of amides is 1. The molecule has 1 aliphatic rings. The smallest absolute Gasteiger partial charge is 0.272 e. The van der Waals surface area contributed by atoms with Gasteiger partial charge in [0.05, 0.1) is 0 Å². The zero-order valence-corrected chi connectivity index (χ0v) is 14.6. The van der Waals surface area contributed by atoms with E-state index in [-0.39, 0.29) is 11.9 Å². The number of aromatic nitrogens is 2. The highest BCUT2D eigenvalue weighted by Gasteiger charge is 2.29. The molecule has 0 N–H and O–H groups in total. The molecule has 0 saturated carbocycles. The third-order valence-corrected chi connectivity index (χ3v) is 4.55. The van der Waals surface area contributed by atoms with Crippen LogP contribution in [0.25, 0.3) is 0 Å². The summed E-state index contributed by atoms with van der Waals surface area (Å²) in [5, 5.41) is 0. The van der Waals surface area contributed by atoms with E-state index in [9.17, 15) is 4.79 Å². The summed E-state index contributed by atoms with van der Waals surface area (Å²) in [5.74, 6) is 0.624. The Morgan fingerprint density at radius 3 is 2.71 bits per heavy atom. The molecule has 24 heavy (non-hydrogen) atoms. The van der Waals surface area contributed by atoms with Gasteiger partial charge in [0.2, 0.25) is 0 Å². The first kappa shape index (κ1) is 16.6. The van der Waals surface area contributed by atoms with Crippen molar-refractivity contribution in [2.45, 2.75) is 32.9 Å². The van der Waals surface area contributed by atoms with E-state index in [0.29, 0.717) is 11.5 Å². The van der Waals surface area contributed by atoms with Crippen molar-refractivity contribution in [3.63, 3.8) is 0 Å². The van der Waals surface area contributed by atoms with Crippen LogP contribution in [0.3, 0.4) is 0 Å². The third kappa shape index (κ3) is 3.79. The van der Waals surface area contributed by atoms with Crippen LogP contribution in [-0.4, -0.2) is 51.9 Å². The van der Waals surface area contributed by atoms with Gasteiger partial charge in [-0.05, 0) is 31.9 Å². The molecule has 5 heteroatoms. The van der Waals surface area contributed by atoms with Gasteiger partial charge in [-0.2, -0.15) is 0 Å². The summed E-state index contributed by atoms with van der Waals surface area (Å²) in [6.07, 6.45) is 0.998. The zero-order chi connectivity index (χ0) is 17.1. The van der Waals surface area contributed by atoms with E-state index in [2.05, 4.69) is 39.1 Å². The molecular formula is C19H24N4O. The maximum Gasteiger partial charge on any atom is 0.272 e. The number of benzene rings is 1. The number of hydrogen-bond acceptors (Lipinski definition) is 4. The van der Waals surface area contributed by atoms with Crippen molar-refractivity contribution in [3.05, 3.63) is 59.2 Å². The van der Waals surface area contributed by atoms with Crippen LogP contribution in [0.1, 0.15) is 34.0 Å². The molecule has 1 amide bonds. The fourth-order valence-electron chi connectivity index (χ4n) is 3.29. The Balaban J connectivity index is 1.63. The first-order valence-corrected chi connectivity index (χ1v) is 8.38. The summed E-state index contributed by atoms with van der Waals surface area (Å²) in [6, 6.07) is 12.5. The highest BCUT2D eigenvalue weighted by atomic mass is 16.2. The van der Waals surface area contributed by atoms with Gasteiger partial charge in [-0.25, -0.2) is 9.97 Å². The number of rotatable bonds is 4. The summed E-state index contributed by atoms with van der Waals surface area (Å²) in [4.78, 5) is 25.5. The van der Waals surface area contributed by atoms with Crippen LogP contribution in [0, 0.1) is 13.8 Å². The molecule has 0 spiro atoms. The molecule has 0 bridgehead atoms. The first-order chi connectivity index (χ1) is 11.5. The number of aryl methyl sites for hydroxylation is 2. The van der Waals surface area contributed by atoms with E-state index >= 15 is 0 Å². The van der Waals surface area contributed by atoms with Crippen molar-refractivity contribution >= 4 is 5.91 Å². The van der Waals surface area contributed by atoms with Gasteiger partial charge in [0.1, 0.15) is 11.5 Å². The maximum absolute atomic E-state index is 12.7. The lowest BCUT2D eigenvalue weighted by molar-refractivity contribution is 0.0728. The summed E-state index contributed by atoms with van der Waals surface area (Å²) < 4.78 is 0. The topological polar surface area (TPSA) is 49.3 Å². The molecule has 3 rings (SSSR count). The van der Waals surface area contributed by atoms with Crippen molar-refractivity contribution in [3.8, 4) is 0 Å². The molecule has 0 radical (unpaired) electrons. The Bertz CT molecular complexity index is 696. The van der Waals surface area contributed by atoms with Gasteiger partial charge in [0.25, 0.3) is 5.91 Å². The van der Waals surface area contributed by atoms with Crippen molar-refractivity contribution in [2.75, 3.05) is 20.1 Å². The molecule has 1 unspecified atom stereocenters. The summed E-state index contributed by atoms with van der Waals surface area (Å²) in [7, 11) is 1.88. The van der Waals surface area contributed by atoms with Gasteiger partial charge in [-0.3, -0.25) is 9.69 Å². The third-order valence-electron chi connectivity index (χ3n) is 4.55. The van der Waals surface area contributed by atoms with Gasteiger partial charge in [-0.1, -0.05) is 30.3 Å². The van der Waals surface area contributed by atoms with E-state index < -0.39 is 0 Å². The second-order valence-electron chi connectivity index (χ2n) is 6.52. The number of likely N-dealkylation sites (N-methyl/N-ethyl adjacent to an activating group) is 1. The largest absolute Gasteiger partial charge is 0.336 e. The quantitative estimate of drug-likeness (QED) is 0.867. The molecule has 1 saturated heterocycles. The fourth-order valence-corrected chi connectivity index (χ4v) is 3.29. The van der Waals surface area contributed by atoms with Crippen LogP contribution in [0.5, 0.6) is 0 Å². The number of likely N-dealkylation sites (tertiary alicyclic amines) is 1. The van der Waals surface area contributed by atoms with Gasteiger partial charge >= 0.3 is 0 Å². The van der Waals surface area contributed by atoms with Crippen LogP contribution in [0.2, 0.25) is 0 Å². The van der Waals surface area contributed by atoms with E-state index in [1.54, 1.807) is 6.07 Å². The monoisotopic (exact) mass is 324 g/mol. The van der Waals surface area contributed by atoms with Crippen LogP contribution in [-0.2, 0) is 6.54 Å². The lowest BCUT2D eigenvalue weighted by atomic mass is 10.2. The normalized spacial score (nSPS) is 17.9. The molecule has 1 aliphatic heterocycles. The van der Waals surface area contributed by atoms with E-state index in [1.165, 1.54) is 5.56 Å². The summed E-state index contributed by atoms with van der Waals surface area (Å²) >= 11 is 0. The van der Waals surface area contributed by atoms with Crippen molar-refractivity contribution in [1.82, 2.24) is 19.8 Å². The lowest BCUT2D eigenvalue weighted by Crippen LogP contribution is -2.39. The van der Waals surface area contributed by atoms with E-state index in [0.717, 1.165) is 31.7 Å². The van der Waals surface area contributed by atoms with Gasteiger partial charge in [-0.15, -0.1) is 0 Å². The van der Waals surface area contributed by atoms with Crippen LogP contribution >= 0.6 is 0 Å². The van der Waals surface area contributed by atoms with Crippen LogP contribution in [0.4, 0.5) is 0 Å². The van der Waals surface area contributed by atoms with Crippen molar-refractivity contribution in [2.24, 2.45) is 0 Å². The Kier molecular flexibility index (Phi) is 4.90. The summed E-state index contributed by atoms with van der Waals surface area (Å²) in [5.41, 5.74) is 2.63. The Morgan fingerprint density at radius 1 is 1.25 bits per heavy atom. The number of hydrogen-bond donors (Lipinski definition) is 0. The molecule has 5 nitrogen and oxygen atoms in total. The van der Waals surface area contributed by atoms with E-state index in [4.69, 9.17) is 0 Å². The summed E-state index contributed by atoms with van der Waals surface area (Å²) in [6.45, 7) is 6.56. The molecule has 2 aromatic rings. The minimum Gasteiger partial charge on any atom is -0.336 e. The average molecular weight is 324 g/mol. The van der Waals surface area contributed by atoms with Gasteiger partial charge < -0.3 is 4.90 Å². The highest BCUT2D eigenvalue weighted by Crippen LogP contribution is 2.18. The number of carbonyl (C=O) groups is 1. The Labute approximate surface area is 143 Å². The van der Waals surface area contributed by atoms with Crippen LogP contribution in [0.15, 0.2) is 36.4 Å². The lowest BCUT2D eigenvalue weighted by Gasteiger charge is -2.25. The second-order valence-corrected chi connectivity index (χ2v) is 6.52. The molecule has 126 valence electrons. The van der Waals surface area contributed by atoms with Crippen molar-refractivity contribution < 1.29 is 4.79 Å². The predicted molar refractivity (Wildman–Crippen MR) is 93.7 cm³/mol. The Morgan fingerprint density at radius 2 is 2.00 bits per heavy atom. The fraction of sp³-hybridized carbons (Fsp3) is 0.421. The van der Waals surface area contributed by atoms with E-state index in [1.807, 2.05) is 31.9 Å². The minimum absolute atomic E-state index is 0.0184. The first-order valence-electron chi connectivity index (χ1n) is 8.38. The molecule has 1 atom stereocenters. The number of carbonyl (C=O) groups excluding carboxylic acids is 1. The molecule has 1 aromatic carbocycles. The molecule has 0 aliphatic carbocycles. The van der Waals surface area contributed by atoms with Gasteiger partial charge in [0, 0.05) is 38.4 Å². The molecule has 1 aromatic heterocycles. The van der Waals surface area contributed by atoms with Crippen molar-refractivity contribution in [1.29, 1.82) is 0 Å². The zero-order valence-electron chi connectivity index (χ0n) is 14.6. The maximum atomic E-state index is 12.7. The average Bonchev–Trinajstić information content (AvgIpc) is 3.02.